The molecule has 8 nitrogen and oxygen atoms in total. The van der Waals surface area contributed by atoms with Crippen LogP contribution >= 0.6 is 0 Å². The zero-order valence-corrected chi connectivity index (χ0v) is 12.8. The van der Waals surface area contributed by atoms with Crippen molar-refractivity contribution in [1.82, 2.24) is 5.16 Å². The summed E-state index contributed by atoms with van der Waals surface area (Å²) in [5.74, 6) is 0.276. The van der Waals surface area contributed by atoms with Gasteiger partial charge >= 0.3 is 6.03 Å². The first-order valence-corrected chi connectivity index (χ1v) is 6.51. The topological polar surface area (TPSA) is 94.9 Å². The fourth-order valence-corrected chi connectivity index (χ4v) is 1.81. The van der Waals surface area contributed by atoms with Crippen LogP contribution < -0.4 is 20.1 Å². The van der Waals surface area contributed by atoms with Gasteiger partial charge < -0.3 is 24.1 Å². The van der Waals surface area contributed by atoms with Gasteiger partial charge in [0.05, 0.1) is 19.9 Å². The molecule has 0 atom stereocenters. The molecular weight excluding hydrogens is 309 g/mol. The number of rotatable bonds is 6. The van der Waals surface area contributed by atoms with Crippen molar-refractivity contribution < 1.29 is 27.9 Å². The number of carbonyl (C=O) groups is 1. The summed E-state index contributed by atoms with van der Waals surface area (Å²) in [5, 5.41) is 8.56. The van der Waals surface area contributed by atoms with Crippen LogP contribution in [0.5, 0.6) is 11.5 Å². The molecule has 2 aromatic rings. The molecule has 124 valence electrons. The zero-order valence-electron chi connectivity index (χ0n) is 12.8. The number of amides is 2. The summed E-state index contributed by atoms with van der Waals surface area (Å²) >= 11 is 0. The predicted octanol–water partition coefficient (Wildman–Crippen LogP) is 2.62. The highest BCUT2D eigenvalue weighted by atomic mass is 19.1. The van der Waals surface area contributed by atoms with Gasteiger partial charge in [0, 0.05) is 25.3 Å². The third-order valence-corrected chi connectivity index (χ3v) is 2.81. The van der Waals surface area contributed by atoms with Crippen LogP contribution in [0.3, 0.4) is 0 Å². The molecule has 0 unspecified atom stereocenters. The Morgan fingerprint density at radius 1 is 1.17 bits per heavy atom. The highest BCUT2D eigenvalue weighted by molar-refractivity contribution is 6.00. The molecule has 0 saturated heterocycles. The Kier molecular flexibility index (Phi) is 5.36. The lowest BCUT2D eigenvalue weighted by Crippen LogP contribution is -2.20. The van der Waals surface area contributed by atoms with Crippen molar-refractivity contribution in [3.63, 3.8) is 0 Å². The number of nitrogens with one attached hydrogen (secondary N) is 2. The SMILES string of the molecule is COCc1cc(NC(=O)Nc2cc(F)c(OC)cc2OC)no1. The molecule has 9 heteroatoms. The van der Waals surface area contributed by atoms with E-state index in [9.17, 15) is 9.18 Å². The second-order valence-electron chi connectivity index (χ2n) is 4.38. The Labute approximate surface area is 131 Å². The smallest absolute Gasteiger partial charge is 0.325 e. The van der Waals surface area contributed by atoms with E-state index in [0.717, 1.165) is 6.07 Å². The molecule has 0 fully saturated rings. The number of aromatic nitrogens is 1. The number of anilines is 2. The summed E-state index contributed by atoms with van der Waals surface area (Å²) in [6, 6.07) is 3.30. The summed E-state index contributed by atoms with van der Waals surface area (Å²) in [5.41, 5.74) is 0.143. The van der Waals surface area contributed by atoms with Crippen molar-refractivity contribution in [3.05, 3.63) is 29.8 Å². The molecule has 0 radical (unpaired) electrons. The third kappa shape index (κ3) is 4.10. The van der Waals surface area contributed by atoms with Gasteiger partial charge in [0.25, 0.3) is 0 Å². The summed E-state index contributed by atoms with van der Waals surface area (Å²) in [4.78, 5) is 11.9. The normalized spacial score (nSPS) is 10.3. The largest absolute Gasteiger partial charge is 0.494 e. The van der Waals surface area contributed by atoms with Gasteiger partial charge in [-0.3, -0.25) is 5.32 Å². The lowest BCUT2D eigenvalue weighted by atomic mass is 10.2. The number of nitrogens with zero attached hydrogens (tertiary/aromatic N) is 1. The Balaban J connectivity index is 2.08. The number of ether oxygens (including phenoxy) is 3. The van der Waals surface area contributed by atoms with E-state index in [1.54, 1.807) is 0 Å². The van der Waals surface area contributed by atoms with Crippen LogP contribution in [0, 0.1) is 5.82 Å². The van der Waals surface area contributed by atoms with Crippen LogP contribution in [0.25, 0.3) is 0 Å². The van der Waals surface area contributed by atoms with Gasteiger partial charge in [-0.25, -0.2) is 9.18 Å². The number of urea groups is 1. The van der Waals surface area contributed by atoms with Gasteiger partial charge in [0.1, 0.15) is 12.4 Å². The first-order chi connectivity index (χ1) is 11.1. The molecule has 0 spiro atoms. The molecule has 1 aromatic carbocycles. The lowest BCUT2D eigenvalue weighted by Gasteiger charge is -2.12. The van der Waals surface area contributed by atoms with Crippen molar-refractivity contribution in [2.75, 3.05) is 32.0 Å². The van der Waals surface area contributed by atoms with Gasteiger partial charge in [0.2, 0.25) is 0 Å². The van der Waals surface area contributed by atoms with Crippen molar-refractivity contribution in [1.29, 1.82) is 0 Å². The number of halogens is 1. The first kappa shape index (κ1) is 16.6. The molecule has 0 aliphatic rings. The number of methoxy groups -OCH3 is 3. The van der Waals surface area contributed by atoms with E-state index in [1.807, 2.05) is 0 Å². The van der Waals surface area contributed by atoms with Gasteiger partial charge in [-0.05, 0) is 0 Å². The molecule has 1 heterocycles. The van der Waals surface area contributed by atoms with E-state index < -0.39 is 11.8 Å². The van der Waals surface area contributed by atoms with Crippen molar-refractivity contribution in [2.24, 2.45) is 0 Å². The van der Waals surface area contributed by atoms with E-state index in [0.29, 0.717) is 5.76 Å². The molecule has 0 bridgehead atoms. The Hall–Kier alpha value is -2.81. The highest BCUT2D eigenvalue weighted by Crippen LogP contribution is 2.32. The van der Waals surface area contributed by atoms with Crippen LogP contribution in [0.4, 0.5) is 20.7 Å². The van der Waals surface area contributed by atoms with Gasteiger partial charge in [-0.15, -0.1) is 0 Å². The zero-order chi connectivity index (χ0) is 16.8. The second kappa shape index (κ2) is 7.45. The van der Waals surface area contributed by atoms with Crippen molar-refractivity contribution in [2.45, 2.75) is 6.61 Å². The minimum absolute atomic E-state index is 0.00789. The number of carbonyl (C=O) groups excluding carboxylic acids is 1. The van der Waals surface area contributed by atoms with Crippen molar-refractivity contribution in [3.8, 4) is 11.5 Å². The van der Waals surface area contributed by atoms with Gasteiger partial charge in [-0.1, -0.05) is 5.16 Å². The molecule has 2 N–H and O–H groups in total. The number of hydrogen-bond donors (Lipinski definition) is 2. The predicted molar refractivity (Wildman–Crippen MR) is 79.4 cm³/mol. The maximum atomic E-state index is 13.7. The molecule has 0 aliphatic carbocycles. The standard InChI is InChI=1S/C14H16FN3O5/c1-20-7-8-4-13(18-23-8)17-14(19)16-10-5-9(15)11(21-2)6-12(10)22-3/h4-6H,7H2,1-3H3,(H2,16,17,18,19). The van der Waals surface area contributed by atoms with Crippen LogP contribution in [0.2, 0.25) is 0 Å². The van der Waals surface area contributed by atoms with Gasteiger partial charge in [-0.2, -0.15) is 0 Å². The fraction of sp³-hybridized carbons (Fsp3) is 0.286. The summed E-state index contributed by atoms with van der Waals surface area (Å²) < 4.78 is 33.5. The molecular formula is C14H16FN3O5. The average molecular weight is 325 g/mol. The molecule has 2 amide bonds. The quantitative estimate of drug-likeness (QED) is 0.848. The van der Waals surface area contributed by atoms with Crippen LogP contribution in [0.15, 0.2) is 22.7 Å². The maximum Gasteiger partial charge on any atom is 0.325 e. The second-order valence-corrected chi connectivity index (χ2v) is 4.38. The Morgan fingerprint density at radius 2 is 1.91 bits per heavy atom. The summed E-state index contributed by atoms with van der Waals surface area (Å²) in [6.45, 7) is 0.230. The van der Waals surface area contributed by atoms with Crippen LogP contribution in [-0.2, 0) is 11.3 Å². The van der Waals surface area contributed by atoms with E-state index >= 15 is 0 Å². The molecule has 0 saturated carbocycles. The van der Waals surface area contributed by atoms with Crippen LogP contribution in [-0.4, -0.2) is 32.5 Å². The lowest BCUT2D eigenvalue weighted by molar-refractivity contribution is 0.156. The summed E-state index contributed by atoms with van der Waals surface area (Å²) in [6.07, 6.45) is 0. The fourth-order valence-electron chi connectivity index (χ4n) is 1.81. The minimum Gasteiger partial charge on any atom is -0.494 e. The summed E-state index contributed by atoms with van der Waals surface area (Å²) in [7, 11) is 4.23. The minimum atomic E-state index is -0.634. The molecule has 1 aromatic heterocycles. The Bertz CT molecular complexity index is 689. The van der Waals surface area contributed by atoms with Gasteiger partial charge in [0.15, 0.2) is 23.1 Å². The van der Waals surface area contributed by atoms with E-state index in [-0.39, 0.29) is 29.6 Å². The molecule has 0 aliphatic heterocycles. The monoisotopic (exact) mass is 325 g/mol. The first-order valence-electron chi connectivity index (χ1n) is 6.51. The molecule has 2 rings (SSSR count). The molecule has 23 heavy (non-hydrogen) atoms. The van der Waals surface area contributed by atoms with E-state index in [1.165, 1.54) is 33.5 Å². The third-order valence-electron chi connectivity index (χ3n) is 2.81. The number of hydrogen-bond acceptors (Lipinski definition) is 6. The maximum absolute atomic E-state index is 13.7. The average Bonchev–Trinajstić information content (AvgIpc) is 2.95. The van der Waals surface area contributed by atoms with Crippen molar-refractivity contribution >= 4 is 17.5 Å². The highest BCUT2D eigenvalue weighted by Gasteiger charge is 2.14. The van der Waals surface area contributed by atoms with E-state index in [2.05, 4.69) is 15.8 Å². The number of benzene rings is 1. The Morgan fingerprint density at radius 3 is 2.57 bits per heavy atom. The van der Waals surface area contributed by atoms with E-state index in [4.69, 9.17) is 18.7 Å². The van der Waals surface area contributed by atoms with Crippen LogP contribution in [0.1, 0.15) is 5.76 Å².